The van der Waals surface area contributed by atoms with E-state index in [1.54, 1.807) is 18.5 Å². The molecule has 262 valence electrons. The molecule has 7 rings (SSSR count). The van der Waals surface area contributed by atoms with Gasteiger partial charge >= 0.3 is 0 Å². The SMILES string of the molecule is CC.CC1CC2CC(C1C)C2(C)C.CCCN1CCN(C(C)Nc2ccc3c(=O)n(CCc4ccc(OC)cc4F)cnc3c2)CC1.[HH]. The van der Waals surface area contributed by atoms with Gasteiger partial charge in [-0.25, -0.2) is 9.37 Å². The molecule has 4 fully saturated rings. The zero-order valence-electron chi connectivity index (χ0n) is 30.5. The van der Waals surface area contributed by atoms with E-state index in [1.807, 2.05) is 32.0 Å². The maximum Gasteiger partial charge on any atom is 0.261 e. The molecule has 2 heterocycles. The summed E-state index contributed by atoms with van der Waals surface area (Å²) in [6, 6.07) is 10.5. The van der Waals surface area contributed by atoms with E-state index in [9.17, 15) is 9.18 Å². The molecule has 0 amide bonds. The quantitative estimate of drug-likeness (QED) is 0.252. The first-order valence-corrected chi connectivity index (χ1v) is 18.1. The molecule has 2 aromatic carbocycles. The standard InChI is InChI=1S/C26H34FN5O2.C11H20.C2H6.H2/c1-4-10-30-12-14-31(15-13-30)19(2)29-21-6-8-23-25(16-21)28-18-32(26(23)33)11-9-20-5-7-22(34-3)17-24(20)27;1-7-5-9-6-10(8(7)2)11(9,3)4;1-2;/h5-8,16-19,29H,4,9-15H2,1-3H3;7-10H,5-6H2,1-4H3;1-2H3;1H. The molecule has 1 aromatic heterocycles. The first kappa shape index (κ1) is 36.9. The van der Waals surface area contributed by atoms with Crippen LogP contribution in [0.4, 0.5) is 10.1 Å². The van der Waals surface area contributed by atoms with E-state index in [2.05, 4.69) is 61.6 Å². The van der Waals surface area contributed by atoms with Crippen LogP contribution >= 0.6 is 0 Å². The number of anilines is 1. The monoisotopic (exact) mass is 651 g/mol. The van der Waals surface area contributed by atoms with Crippen molar-refractivity contribution in [3.63, 3.8) is 0 Å². The van der Waals surface area contributed by atoms with Crippen molar-refractivity contribution in [1.29, 1.82) is 0 Å². The number of nitrogens with zero attached hydrogens (tertiary/aromatic N) is 4. The summed E-state index contributed by atoms with van der Waals surface area (Å²) < 4.78 is 20.8. The molecular weight excluding hydrogens is 589 g/mol. The van der Waals surface area contributed by atoms with E-state index in [4.69, 9.17) is 4.74 Å². The Kier molecular flexibility index (Phi) is 12.9. The lowest BCUT2D eigenvalue weighted by atomic mass is 9.44. The van der Waals surface area contributed by atoms with Gasteiger partial charge in [0.05, 0.1) is 30.5 Å². The normalized spacial score (nSPS) is 24.2. The average molecular weight is 652 g/mol. The number of hydrogen-bond acceptors (Lipinski definition) is 6. The maximum absolute atomic E-state index is 14.2. The summed E-state index contributed by atoms with van der Waals surface area (Å²) in [6.45, 7) is 24.0. The van der Waals surface area contributed by atoms with Gasteiger partial charge < -0.3 is 15.0 Å². The van der Waals surface area contributed by atoms with Crippen molar-refractivity contribution in [2.45, 2.75) is 93.8 Å². The van der Waals surface area contributed by atoms with Crippen LogP contribution in [-0.2, 0) is 13.0 Å². The van der Waals surface area contributed by atoms with E-state index in [-0.39, 0.29) is 19.0 Å². The highest BCUT2D eigenvalue weighted by atomic mass is 19.1. The molecule has 5 atom stereocenters. The number of benzene rings is 2. The van der Waals surface area contributed by atoms with E-state index in [1.165, 1.54) is 43.6 Å². The van der Waals surface area contributed by atoms with Gasteiger partial charge in [-0.2, -0.15) is 0 Å². The number of nitrogens with one attached hydrogen (secondary N) is 1. The predicted molar refractivity (Wildman–Crippen MR) is 196 cm³/mol. The van der Waals surface area contributed by atoms with E-state index < -0.39 is 0 Å². The first-order valence-electron chi connectivity index (χ1n) is 18.1. The topological polar surface area (TPSA) is 62.6 Å². The summed E-state index contributed by atoms with van der Waals surface area (Å²) in [4.78, 5) is 22.4. The van der Waals surface area contributed by atoms with E-state index in [0.29, 0.717) is 40.6 Å². The number of fused-ring (bicyclic) bond motifs is 3. The number of halogens is 1. The maximum atomic E-state index is 14.2. The Hall–Kier alpha value is -2.97. The molecule has 0 spiro atoms. The third-order valence-corrected chi connectivity index (χ3v) is 11.3. The van der Waals surface area contributed by atoms with Gasteiger partial charge in [0.25, 0.3) is 5.56 Å². The second-order valence-corrected chi connectivity index (χ2v) is 14.3. The van der Waals surface area contributed by atoms with Crippen molar-refractivity contribution in [3.05, 3.63) is 64.5 Å². The van der Waals surface area contributed by atoms with Crippen LogP contribution in [0.2, 0.25) is 0 Å². The summed E-state index contributed by atoms with van der Waals surface area (Å²) in [7, 11) is 1.50. The number of aryl methyl sites for hydroxylation is 2. The van der Waals surface area contributed by atoms with Crippen molar-refractivity contribution >= 4 is 16.6 Å². The largest absolute Gasteiger partial charge is 0.497 e. The van der Waals surface area contributed by atoms with Gasteiger partial charge in [-0.15, -0.1) is 0 Å². The number of rotatable bonds is 9. The van der Waals surface area contributed by atoms with Crippen LogP contribution in [0.25, 0.3) is 10.9 Å². The lowest BCUT2D eigenvalue weighted by molar-refractivity contribution is -0.124. The third-order valence-electron chi connectivity index (χ3n) is 11.3. The summed E-state index contributed by atoms with van der Waals surface area (Å²) in [6.07, 6.45) is 6.35. The Labute approximate surface area is 284 Å². The second kappa shape index (κ2) is 16.4. The highest BCUT2D eigenvalue weighted by Crippen LogP contribution is 2.62. The van der Waals surface area contributed by atoms with Crippen molar-refractivity contribution in [2.24, 2.45) is 29.1 Å². The second-order valence-electron chi connectivity index (χ2n) is 14.3. The molecule has 5 unspecified atom stereocenters. The minimum absolute atomic E-state index is 0. The van der Waals surface area contributed by atoms with Gasteiger partial charge in [0, 0.05) is 45.9 Å². The number of piperazine rings is 1. The average Bonchev–Trinajstić information content (AvgIpc) is 3.07. The Balaban J connectivity index is 0.000000374. The number of hydrogen-bond donors (Lipinski definition) is 1. The van der Waals surface area contributed by atoms with Crippen LogP contribution in [-0.4, -0.2) is 65.4 Å². The van der Waals surface area contributed by atoms with Gasteiger partial charge in [-0.1, -0.05) is 54.5 Å². The molecule has 3 saturated carbocycles. The van der Waals surface area contributed by atoms with Crippen LogP contribution in [0.1, 0.15) is 81.6 Å². The summed E-state index contributed by atoms with van der Waals surface area (Å²) in [5, 5.41) is 4.11. The van der Waals surface area contributed by atoms with Crippen LogP contribution < -0.4 is 15.6 Å². The molecule has 1 N–H and O–H groups in total. The minimum atomic E-state index is -0.335. The van der Waals surface area contributed by atoms with Crippen molar-refractivity contribution in [1.82, 2.24) is 19.4 Å². The first-order chi connectivity index (χ1) is 22.5. The van der Waals surface area contributed by atoms with Gasteiger partial charge in [0.2, 0.25) is 0 Å². The fourth-order valence-electron chi connectivity index (χ4n) is 7.94. The summed E-state index contributed by atoms with van der Waals surface area (Å²) >= 11 is 0. The molecule has 3 aliphatic carbocycles. The molecule has 1 saturated heterocycles. The van der Waals surface area contributed by atoms with Gasteiger partial charge in [0.1, 0.15) is 11.6 Å². The molecule has 8 heteroatoms. The fourth-order valence-corrected chi connectivity index (χ4v) is 7.94. The fraction of sp³-hybridized carbons (Fsp3) is 0.641. The number of aromatic nitrogens is 2. The van der Waals surface area contributed by atoms with Crippen molar-refractivity contribution < 1.29 is 10.6 Å². The van der Waals surface area contributed by atoms with Gasteiger partial charge in [-0.05, 0) is 98.1 Å². The van der Waals surface area contributed by atoms with Gasteiger partial charge in [-0.3, -0.25) is 14.3 Å². The highest BCUT2D eigenvalue weighted by molar-refractivity contribution is 5.81. The molecule has 2 bridgehead atoms. The zero-order valence-corrected chi connectivity index (χ0v) is 30.5. The lowest BCUT2D eigenvalue weighted by Crippen LogP contribution is -2.54. The lowest BCUT2D eigenvalue weighted by Gasteiger charge is -2.61. The number of ether oxygens (including phenoxy) is 1. The van der Waals surface area contributed by atoms with Crippen LogP contribution in [0.5, 0.6) is 5.75 Å². The molecule has 0 radical (unpaired) electrons. The summed E-state index contributed by atoms with van der Waals surface area (Å²) in [5.41, 5.74) is 2.71. The minimum Gasteiger partial charge on any atom is -0.497 e. The molecule has 7 nitrogen and oxygen atoms in total. The Morgan fingerprint density at radius 3 is 2.38 bits per heavy atom. The predicted octanol–water partition coefficient (Wildman–Crippen LogP) is 8.17. The molecule has 47 heavy (non-hydrogen) atoms. The van der Waals surface area contributed by atoms with Crippen molar-refractivity contribution in [3.8, 4) is 5.75 Å². The van der Waals surface area contributed by atoms with Crippen LogP contribution in [0.15, 0.2) is 47.5 Å². The van der Waals surface area contributed by atoms with Gasteiger partial charge in [0.15, 0.2) is 0 Å². The zero-order chi connectivity index (χ0) is 34.3. The molecule has 3 aromatic rings. The summed E-state index contributed by atoms with van der Waals surface area (Å²) in [5.74, 6) is 4.21. The third kappa shape index (κ3) is 8.55. The Morgan fingerprint density at radius 2 is 1.79 bits per heavy atom. The Bertz CT molecular complexity index is 1510. The molecular formula is C39H62FN5O2. The Morgan fingerprint density at radius 1 is 1.06 bits per heavy atom. The van der Waals surface area contributed by atoms with Crippen LogP contribution in [0.3, 0.4) is 0 Å². The van der Waals surface area contributed by atoms with Crippen LogP contribution in [0, 0.1) is 34.9 Å². The number of methoxy groups -OCH3 is 1. The smallest absolute Gasteiger partial charge is 0.261 e. The molecule has 1 aliphatic heterocycles. The van der Waals surface area contributed by atoms with E-state index in [0.717, 1.165) is 55.5 Å². The molecule has 4 aliphatic rings. The van der Waals surface area contributed by atoms with Crippen molar-refractivity contribution in [2.75, 3.05) is 45.2 Å². The highest BCUT2D eigenvalue weighted by Gasteiger charge is 2.54. The van der Waals surface area contributed by atoms with E-state index >= 15 is 0 Å².